The highest BCUT2D eigenvalue weighted by Gasteiger charge is 2.19. The van der Waals surface area contributed by atoms with E-state index in [-0.39, 0.29) is 11.4 Å². The Balaban J connectivity index is 2.28. The zero-order valence-electron chi connectivity index (χ0n) is 9.43. The molecule has 8 heteroatoms. The number of rotatable bonds is 4. The van der Waals surface area contributed by atoms with Crippen molar-refractivity contribution in [2.24, 2.45) is 0 Å². The minimum absolute atomic E-state index is 0.0747. The molecule has 19 heavy (non-hydrogen) atoms. The van der Waals surface area contributed by atoms with Crippen LogP contribution in [0, 0.1) is 11.6 Å². The van der Waals surface area contributed by atoms with E-state index in [0.29, 0.717) is 6.07 Å². The Morgan fingerprint density at radius 3 is 2.47 bits per heavy atom. The lowest BCUT2D eigenvalue weighted by Crippen LogP contribution is -2.12. The summed E-state index contributed by atoms with van der Waals surface area (Å²) in [5.74, 6) is -2.18. The predicted octanol–water partition coefficient (Wildman–Crippen LogP) is 1.85. The van der Waals surface area contributed by atoms with Crippen LogP contribution in [0.4, 0.5) is 14.5 Å². The Kier molecular flexibility index (Phi) is 3.54. The highest BCUT2D eigenvalue weighted by Crippen LogP contribution is 2.20. The van der Waals surface area contributed by atoms with E-state index in [1.165, 1.54) is 6.07 Å². The fourth-order valence-corrected chi connectivity index (χ4v) is 2.35. The van der Waals surface area contributed by atoms with Gasteiger partial charge >= 0.3 is 0 Å². The van der Waals surface area contributed by atoms with Crippen molar-refractivity contribution in [2.75, 3.05) is 4.72 Å². The van der Waals surface area contributed by atoms with Gasteiger partial charge in [0, 0.05) is 6.07 Å². The maximum absolute atomic E-state index is 12.9. The summed E-state index contributed by atoms with van der Waals surface area (Å²) in [5, 5.41) is 8.34. The van der Waals surface area contributed by atoms with Gasteiger partial charge in [-0.1, -0.05) is 0 Å². The van der Waals surface area contributed by atoms with Gasteiger partial charge in [0.05, 0.1) is 5.69 Å². The molecule has 0 saturated carbocycles. The van der Waals surface area contributed by atoms with Gasteiger partial charge in [0.1, 0.15) is 12.4 Å². The van der Waals surface area contributed by atoms with Crippen LogP contribution in [0.15, 0.2) is 39.8 Å². The zero-order chi connectivity index (χ0) is 14.0. The molecule has 5 nitrogen and oxygen atoms in total. The fourth-order valence-electron chi connectivity index (χ4n) is 1.35. The first-order valence-electron chi connectivity index (χ1n) is 5.10. The van der Waals surface area contributed by atoms with Gasteiger partial charge in [-0.25, -0.2) is 8.78 Å². The van der Waals surface area contributed by atoms with Crippen LogP contribution in [0.5, 0.6) is 0 Å². The molecule has 2 rings (SSSR count). The third kappa shape index (κ3) is 2.91. The molecular formula is C11H9F2NO4S. The van der Waals surface area contributed by atoms with Crippen LogP contribution in [-0.2, 0) is 16.6 Å². The van der Waals surface area contributed by atoms with E-state index < -0.39 is 33.4 Å². The molecule has 2 N–H and O–H groups in total. The minimum atomic E-state index is -4.05. The summed E-state index contributed by atoms with van der Waals surface area (Å²) >= 11 is 0. The molecule has 0 fully saturated rings. The Hall–Kier alpha value is -1.93. The number of furan rings is 1. The van der Waals surface area contributed by atoms with E-state index in [1.54, 1.807) is 0 Å². The summed E-state index contributed by atoms with van der Waals surface area (Å²) in [4.78, 5) is 0. The number of sulfonamides is 1. The lowest BCUT2D eigenvalue weighted by atomic mass is 10.3. The van der Waals surface area contributed by atoms with Crippen LogP contribution in [0.25, 0.3) is 0 Å². The normalized spacial score (nSPS) is 11.5. The van der Waals surface area contributed by atoms with Gasteiger partial charge < -0.3 is 9.52 Å². The smallest absolute Gasteiger partial charge is 0.295 e. The number of aliphatic hydroxyl groups is 1. The molecular weight excluding hydrogens is 280 g/mol. The summed E-state index contributed by atoms with van der Waals surface area (Å²) in [5.41, 5.74) is -0.138. The van der Waals surface area contributed by atoms with Gasteiger partial charge in [0.2, 0.25) is 5.09 Å². The number of anilines is 1. The van der Waals surface area contributed by atoms with Crippen molar-refractivity contribution >= 4 is 15.7 Å². The van der Waals surface area contributed by atoms with Crippen LogP contribution in [0.3, 0.4) is 0 Å². The van der Waals surface area contributed by atoms with Crippen LogP contribution >= 0.6 is 0 Å². The summed E-state index contributed by atoms with van der Waals surface area (Å²) in [6, 6.07) is 5.02. The monoisotopic (exact) mass is 289 g/mol. The Labute approximate surface area is 107 Å². The SMILES string of the molecule is O=S(=O)(Nc1ccc(F)c(F)c1)c1ccc(CO)o1. The molecule has 0 aliphatic carbocycles. The molecule has 0 unspecified atom stereocenters. The van der Waals surface area contributed by atoms with Crippen molar-refractivity contribution in [3.05, 3.63) is 47.7 Å². The summed E-state index contributed by atoms with van der Waals surface area (Å²) in [6.07, 6.45) is 0. The number of nitrogens with one attached hydrogen (secondary N) is 1. The van der Waals surface area contributed by atoms with Crippen molar-refractivity contribution in [3.8, 4) is 0 Å². The molecule has 0 aliphatic heterocycles. The van der Waals surface area contributed by atoms with Crippen molar-refractivity contribution in [1.29, 1.82) is 0 Å². The molecule has 102 valence electrons. The maximum atomic E-state index is 12.9. The summed E-state index contributed by atoms with van der Waals surface area (Å²) in [7, 11) is -4.05. The van der Waals surface area contributed by atoms with Gasteiger partial charge in [-0.05, 0) is 24.3 Å². The molecule has 1 heterocycles. The van der Waals surface area contributed by atoms with Crippen molar-refractivity contribution in [1.82, 2.24) is 0 Å². The minimum Gasteiger partial charge on any atom is -0.445 e. The van der Waals surface area contributed by atoms with Crippen molar-refractivity contribution in [2.45, 2.75) is 11.7 Å². The Morgan fingerprint density at radius 2 is 1.89 bits per heavy atom. The second-order valence-corrected chi connectivity index (χ2v) is 5.23. The van der Waals surface area contributed by atoms with Gasteiger partial charge in [-0.3, -0.25) is 4.72 Å². The standard InChI is InChI=1S/C11H9F2NO4S/c12-9-3-1-7(5-10(9)13)14-19(16,17)11-4-2-8(6-15)18-11/h1-5,14-15H,6H2. The molecule has 0 amide bonds. The molecule has 1 aromatic heterocycles. The number of halogens is 2. The fraction of sp³-hybridized carbons (Fsp3) is 0.0909. The highest BCUT2D eigenvalue weighted by atomic mass is 32.2. The Bertz CT molecular complexity index is 696. The topological polar surface area (TPSA) is 79.5 Å². The Morgan fingerprint density at radius 1 is 1.16 bits per heavy atom. The van der Waals surface area contributed by atoms with Crippen LogP contribution in [0.1, 0.15) is 5.76 Å². The van der Waals surface area contributed by atoms with E-state index in [4.69, 9.17) is 9.52 Å². The molecule has 0 atom stereocenters. The highest BCUT2D eigenvalue weighted by molar-refractivity contribution is 7.92. The number of hydrogen-bond donors (Lipinski definition) is 2. The first-order chi connectivity index (χ1) is 8.92. The van der Waals surface area contributed by atoms with Crippen LogP contribution in [-0.4, -0.2) is 13.5 Å². The number of benzene rings is 1. The molecule has 0 aliphatic rings. The van der Waals surface area contributed by atoms with Crippen LogP contribution in [0.2, 0.25) is 0 Å². The van der Waals surface area contributed by atoms with E-state index in [0.717, 1.165) is 18.2 Å². The number of aliphatic hydroxyl groups excluding tert-OH is 1. The molecule has 0 spiro atoms. The first-order valence-corrected chi connectivity index (χ1v) is 6.58. The van der Waals surface area contributed by atoms with E-state index in [2.05, 4.69) is 0 Å². The lowest BCUT2D eigenvalue weighted by Gasteiger charge is -2.05. The number of hydrogen-bond acceptors (Lipinski definition) is 4. The molecule has 2 aromatic rings. The molecule has 0 radical (unpaired) electrons. The van der Waals surface area contributed by atoms with Gasteiger partial charge in [-0.2, -0.15) is 8.42 Å². The first kappa shape index (κ1) is 13.5. The van der Waals surface area contributed by atoms with E-state index >= 15 is 0 Å². The van der Waals surface area contributed by atoms with Gasteiger partial charge in [0.15, 0.2) is 11.6 Å². The van der Waals surface area contributed by atoms with Crippen LogP contribution < -0.4 is 4.72 Å². The average Bonchev–Trinajstić information content (AvgIpc) is 2.83. The third-order valence-corrected chi connectivity index (χ3v) is 3.48. The molecule has 1 aromatic carbocycles. The van der Waals surface area contributed by atoms with E-state index in [9.17, 15) is 17.2 Å². The average molecular weight is 289 g/mol. The quantitative estimate of drug-likeness (QED) is 0.900. The summed E-state index contributed by atoms with van der Waals surface area (Å²) in [6.45, 7) is -0.444. The van der Waals surface area contributed by atoms with Gasteiger partial charge in [0.25, 0.3) is 10.0 Å². The summed E-state index contributed by atoms with van der Waals surface area (Å²) < 4.78 is 56.2. The van der Waals surface area contributed by atoms with E-state index in [1.807, 2.05) is 4.72 Å². The lowest BCUT2D eigenvalue weighted by molar-refractivity contribution is 0.236. The van der Waals surface area contributed by atoms with Crippen molar-refractivity contribution in [3.63, 3.8) is 0 Å². The largest absolute Gasteiger partial charge is 0.445 e. The maximum Gasteiger partial charge on any atom is 0.295 e. The van der Waals surface area contributed by atoms with Crippen molar-refractivity contribution < 1.29 is 26.7 Å². The predicted molar refractivity (Wildman–Crippen MR) is 61.8 cm³/mol. The third-order valence-electron chi connectivity index (χ3n) is 2.23. The molecule has 0 bridgehead atoms. The zero-order valence-corrected chi connectivity index (χ0v) is 10.2. The van der Waals surface area contributed by atoms with Gasteiger partial charge in [-0.15, -0.1) is 0 Å². The molecule has 0 saturated heterocycles. The second-order valence-electron chi connectivity index (χ2n) is 3.61. The second kappa shape index (κ2) is 4.98.